The molecule has 1 aromatic carbocycles. The molecule has 0 spiro atoms. The van der Waals surface area contributed by atoms with Crippen LogP contribution < -0.4 is 54.0 Å². The zero-order valence-electron chi connectivity index (χ0n) is 40.4. The van der Waals surface area contributed by atoms with Gasteiger partial charge in [0.05, 0.1) is 25.2 Å². The zero-order valence-corrected chi connectivity index (χ0v) is 40.4. The van der Waals surface area contributed by atoms with Crippen LogP contribution >= 0.6 is 0 Å². The van der Waals surface area contributed by atoms with Crippen molar-refractivity contribution in [2.75, 3.05) is 6.61 Å². The first-order chi connectivity index (χ1) is 32.0. The lowest BCUT2D eigenvalue weighted by molar-refractivity contribution is -0.143. The van der Waals surface area contributed by atoms with Gasteiger partial charge in [0.25, 0.3) is 0 Å². The summed E-state index contributed by atoms with van der Waals surface area (Å²) >= 11 is 0. The number of aromatic hydroxyl groups is 1. The van der Waals surface area contributed by atoms with Gasteiger partial charge in [0.2, 0.25) is 53.2 Å². The van der Waals surface area contributed by atoms with Gasteiger partial charge in [-0.05, 0) is 69.1 Å². The topological polar surface area (TPSA) is 420 Å². The van der Waals surface area contributed by atoms with E-state index in [1.807, 2.05) is 0 Å². The van der Waals surface area contributed by atoms with E-state index in [4.69, 9.17) is 11.5 Å². The summed E-state index contributed by atoms with van der Waals surface area (Å²) in [6.45, 7) is 12.8. The van der Waals surface area contributed by atoms with Crippen molar-refractivity contribution >= 4 is 59.1 Å². The van der Waals surface area contributed by atoms with E-state index in [1.54, 1.807) is 27.7 Å². The first-order valence-corrected chi connectivity index (χ1v) is 22.4. The van der Waals surface area contributed by atoms with Crippen molar-refractivity contribution in [3.05, 3.63) is 29.8 Å². The van der Waals surface area contributed by atoms with Crippen molar-refractivity contribution in [2.24, 2.45) is 29.2 Å². The van der Waals surface area contributed by atoms with Gasteiger partial charge in [-0.15, -0.1) is 0 Å². The van der Waals surface area contributed by atoms with Crippen LogP contribution in [0.15, 0.2) is 24.3 Å². The van der Waals surface area contributed by atoms with E-state index in [0.29, 0.717) is 5.56 Å². The second-order valence-corrected chi connectivity index (χ2v) is 18.1. The van der Waals surface area contributed by atoms with E-state index >= 15 is 0 Å². The van der Waals surface area contributed by atoms with E-state index in [2.05, 4.69) is 42.5 Å². The molecule has 0 bridgehead atoms. The van der Waals surface area contributed by atoms with Crippen molar-refractivity contribution in [3.8, 4) is 5.75 Å². The number of hydrogen-bond donors (Lipinski definition) is 15. The Bertz CT molecular complexity index is 1950. The fraction of sp³-hybridized carbons (Fsp3) is 0.636. The van der Waals surface area contributed by atoms with Crippen LogP contribution in [0, 0.1) is 17.8 Å². The number of aliphatic hydroxyl groups is 3. The quantitative estimate of drug-likeness (QED) is 0.0361. The fourth-order valence-corrected chi connectivity index (χ4v) is 6.54. The Morgan fingerprint density at radius 1 is 0.522 bits per heavy atom. The number of nitrogens with one attached hydrogen (secondary N) is 8. The monoisotopic (exact) mass is 981 g/mol. The highest BCUT2D eigenvalue weighted by molar-refractivity contribution is 5.99. The number of phenolic OH excluding ortho intramolecular Hbond substituents is 1. The Kier molecular flexibility index (Phi) is 25.3. The summed E-state index contributed by atoms with van der Waals surface area (Å²) in [7, 11) is 0. The molecule has 0 fully saturated rings. The van der Waals surface area contributed by atoms with Gasteiger partial charge < -0.3 is 79.5 Å². The number of hydrogen-bond acceptors (Lipinski definition) is 15. The molecule has 388 valence electrons. The van der Waals surface area contributed by atoms with Gasteiger partial charge in [0, 0.05) is 6.42 Å². The minimum Gasteiger partial charge on any atom is -0.508 e. The molecule has 0 aliphatic carbocycles. The lowest BCUT2D eigenvalue weighted by Crippen LogP contribution is -2.63. The van der Waals surface area contributed by atoms with Gasteiger partial charge in [-0.1, -0.05) is 53.7 Å². The number of carboxylic acid groups (broad SMARTS) is 1. The third-order valence-electron chi connectivity index (χ3n) is 10.4. The number of carbonyl (C=O) groups excluding carboxylic acids is 9. The number of aliphatic hydroxyl groups excluding tert-OH is 3. The van der Waals surface area contributed by atoms with Gasteiger partial charge in [-0.2, -0.15) is 0 Å². The van der Waals surface area contributed by atoms with E-state index in [-0.39, 0.29) is 36.8 Å². The molecule has 25 heteroatoms. The summed E-state index contributed by atoms with van der Waals surface area (Å²) in [6, 6.07) is -8.13. The number of phenols is 1. The highest BCUT2D eigenvalue weighted by Crippen LogP contribution is 2.14. The molecule has 1 aromatic rings. The molecular weight excluding hydrogens is 909 g/mol. The Labute approximate surface area is 400 Å². The number of carbonyl (C=O) groups is 10. The van der Waals surface area contributed by atoms with E-state index in [1.165, 1.54) is 52.0 Å². The Morgan fingerprint density at radius 2 is 0.928 bits per heavy atom. The summed E-state index contributed by atoms with van der Waals surface area (Å²) < 4.78 is 0. The highest BCUT2D eigenvalue weighted by atomic mass is 16.4. The van der Waals surface area contributed by atoms with Crippen LogP contribution in [0.3, 0.4) is 0 Å². The molecule has 11 atom stereocenters. The molecule has 0 aromatic heterocycles. The Hall–Kier alpha value is -6.44. The molecule has 0 saturated heterocycles. The van der Waals surface area contributed by atoms with Crippen LogP contribution in [0.4, 0.5) is 0 Å². The molecule has 69 heavy (non-hydrogen) atoms. The third kappa shape index (κ3) is 21.2. The summed E-state index contributed by atoms with van der Waals surface area (Å²) in [5, 5.41) is 68.5. The number of amides is 9. The number of carboxylic acids is 1. The number of nitrogens with two attached hydrogens (primary N) is 2. The van der Waals surface area contributed by atoms with Crippen LogP contribution in [-0.2, 0) is 54.4 Å². The second kappa shape index (κ2) is 28.8. The number of benzene rings is 1. The SMILES string of the molecule is CC(C)CC(NC(=O)C(NC(=O)C(C)NC(=O)C(NC(=O)C(NC(=O)C(CC(N)=O)NC(=O)C(Cc1ccc(O)cc1)NC(=O)C(CC(C)C)NC(=O)C(N)CO)C(C)O)C(C)C)C(C)O)C(=O)O. The molecular formula is C44H72N10O15. The Morgan fingerprint density at radius 3 is 1.39 bits per heavy atom. The van der Waals surface area contributed by atoms with Crippen LogP contribution in [-0.4, -0.2) is 158 Å². The van der Waals surface area contributed by atoms with Crippen LogP contribution in [0.25, 0.3) is 0 Å². The van der Waals surface area contributed by atoms with Crippen molar-refractivity contribution in [1.82, 2.24) is 42.5 Å². The largest absolute Gasteiger partial charge is 0.508 e. The lowest BCUT2D eigenvalue weighted by atomic mass is 10.00. The van der Waals surface area contributed by atoms with Crippen LogP contribution in [0.5, 0.6) is 5.75 Å². The maximum Gasteiger partial charge on any atom is 0.326 e. The molecule has 0 aliphatic heterocycles. The van der Waals surface area contributed by atoms with Gasteiger partial charge in [-0.25, -0.2) is 4.79 Å². The molecule has 25 nitrogen and oxygen atoms in total. The number of rotatable bonds is 29. The van der Waals surface area contributed by atoms with Gasteiger partial charge >= 0.3 is 5.97 Å². The maximum absolute atomic E-state index is 14.0. The average molecular weight is 981 g/mol. The predicted molar refractivity (Wildman–Crippen MR) is 247 cm³/mol. The Balaban J connectivity index is 3.35. The first-order valence-electron chi connectivity index (χ1n) is 22.4. The van der Waals surface area contributed by atoms with Gasteiger partial charge in [-0.3, -0.25) is 43.2 Å². The summed E-state index contributed by atoms with van der Waals surface area (Å²) in [5.41, 5.74) is 11.5. The first kappa shape index (κ1) is 60.6. The summed E-state index contributed by atoms with van der Waals surface area (Å²) in [5.74, 6) is -11.6. The molecule has 11 unspecified atom stereocenters. The fourth-order valence-electron chi connectivity index (χ4n) is 6.54. The highest BCUT2D eigenvalue weighted by Gasteiger charge is 2.37. The molecule has 1 rings (SSSR count). The van der Waals surface area contributed by atoms with E-state index in [9.17, 15) is 73.5 Å². The molecule has 0 aliphatic rings. The second-order valence-electron chi connectivity index (χ2n) is 18.1. The summed E-state index contributed by atoms with van der Waals surface area (Å²) in [6.07, 6.45) is -4.19. The predicted octanol–water partition coefficient (Wildman–Crippen LogP) is -4.38. The van der Waals surface area contributed by atoms with Crippen molar-refractivity contribution in [2.45, 2.75) is 155 Å². The lowest BCUT2D eigenvalue weighted by Gasteiger charge is -2.29. The average Bonchev–Trinajstić information content (AvgIpc) is 3.24. The van der Waals surface area contributed by atoms with Gasteiger partial charge in [0.1, 0.15) is 60.1 Å². The van der Waals surface area contributed by atoms with E-state index < -0.39 is 145 Å². The molecule has 17 N–H and O–H groups in total. The smallest absolute Gasteiger partial charge is 0.326 e. The zero-order chi connectivity index (χ0) is 53.0. The molecule has 0 radical (unpaired) electrons. The van der Waals surface area contributed by atoms with Crippen molar-refractivity contribution < 1.29 is 73.5 Å². The molecule has 9 amide bonds. The van der Waals surface area contributed by atoms with E-state index in [0.717, 1.165) is 6.92 Å². The third-order valence-corrected chi connectivity index (χ3v) is 10.4. The minimum atomic E-state index is -1.85. The van der Waals surface area contributed by atoms with Crippen molar-refractivity contribution in [1.29, 1.82) is 0 Å². The number of aliphatic carboxylic acids is 1. The summed E-state index contributed by atoms with van der Waals surface area (Å²) in [4.78, 5) is 131. The van der Waals surface area contributed by atoms with Gasteiger partial charge in [0.15, 0.2) is 0 Å². The van der Waals surface area contributed by atoms with Crippen molar-refractivity contribution in [3.63, 3.8) is 0 Å². The standard InChI is InChI=1S/C44H72N10O15/c1-19(2)14-28(48-37(61)27(45)18-55)38(62)49-29(16-25-10-12-26(58)13-11-25)39(63)50-30(17-32(46)59)40(64)54-35(24(9)57)43(67)52-33(21(5)6)41(65)47-22(7)36(60)53-34(23(8)56)42(66)51-31(44(68)69)15-20(3)4/h10-13,19-24,27-31,33-35,55-58H,14-18,45H2,1-9H3,(H2,46,59)(H,47,65)(H,48,61)(H,49,62)(H,50,63)(H,51,66)(H,52,67)(H,53,60)(H,54,64)(H,68,69). The molecule has 0 heterocycles. The maximum atomic E-state index is 14.0. The van der Waals surface area contributed by atoms with Crippen LogP contribution in [0.2, 0.25) is 0 Å². The molecule has 0 saturated carbocycles. The van der Waals surface area contributed by atoms with Crippen LogP contribution in [0.1, 0.15) is 87.1 Å². The normalized spacial score (nSPS) is 16.1. The minimum absolute atomic E-state index is 0.0542. The number of primary amides is 1.